The summed E-state index contributed by atoms with van der Waals surface area (Å²) in [5.41, 5.74) is 2.76. The molecule has 3 aromatic carbocycles. The minimum Gasteiger partial charge on any atom is -0.340 e. The van der Waals surface area contributed by atoms with E-state index in [-0.39, 0.29) is 5.82 Å². The van der Waals surface area contributed by atoms with Crippen molar-refractivity contribution in [2.75, 3.05) is 5.32 Å². The molecule has 0 aliphatic rings. The number of halogens is 2. The minimum atomic E-state index is -0.264. The molecule has 0 aliphatic carbocycles. The quantitative estimate of drug-likeness (QED) is 0.475. The molecule has 0 aliphatic heterocycles. The van der Waals surface area contributed by atoms with Crippen molar-refractivity contribution in [2.45, 2.75) is 6.92 Å². The molecule has 0 fully saturated rings. The van der Waals surface area contributed by atoms with Crippen molar-refractivity contribution in [1.29, 1.82) is 0 Å². The van der Waals surface area contributed by atoms with E-state index in [1.807, 2.05) is 48.5 Å². The average Bonchev–Trinajstić information content (AvgIpc) is 2.65. The fourth-order valence-electron chi connectivity index (χ4n) is 2.74. The van der Waals surface area contributed by atoms with Crippen molar-refractivity contribution in [3.05, 3.63) is 83.1 Å². The van der Waals surface area contributed by atoms with Gasteiger partial charge in [-0.3, -0.25) is 0 Å². The van der Waals surface area contributed by atoms with Crippen LogP contribution >= 0.6 is 11.6 Å². The van der Waals surface area contributed by atoms with Crippen molar-refractivity contribution in [2.24, 2.45) is 0 Å². The maximum Gasteiger partial charge on any atom is 0.163 e. The van der Waals surface area contributed by atoms with Crippen LogP contribution in [0.1, 0.15) is 5.56 Å². The predicted molar refractivity (Wildman–Crippen MR) is 104 cm³/mol. The molecule has 3 nitrogen and oxygen atoms in total. The van der Waals surface area contributed by atoms with Gasteiger partial charge in [-0.05, 0) is 48.9 Å². The molecule has 5 heteroatoms. The van der Waals surface area contributed by atoms with Crippen LogP contribution in [0.25, 0.3) is 22.3 Å². The molecule has 128 valence electrons. The summed E-state index contributed by atoms with van der Waals surface area (Å²) < 4.78 is 13.9. The molecule has 4 aromatic rings. The largest absolute Gasteiger partial charge is 0.340 e. The fourth-order valence-corrected chi connectivity index (χ4v) is 2.96. The van der Waals surface area contributed by atoms with Crippen LogP contribution in [0.15, 0.2) is 66.7 Å². The maximum absolute atomic E-state index is 13.9. The molecule has 26 heavy (non-hydrogen) atoms. The second kappa shape index (κ2) is 6.73. The molecule has 0 unspecified atom stereocenters. The molecule has 0 bridgehead atoms. The third-order valence-electron chi connectivity index (χ3n) is 4.15. The number of fused-ring (bicyclic) bond motifs is 1. The highest BCUT2D eigenvalue weighted by atomic mass is 35.5. The van der Waals surface area contributed by atoms with Crippen molar-refractivity contribution in [1.82, 2.24) is 9.97 Å². The number of aryl methyl sites for hydroxylation is 1. The van der Waals surface area contributed by atoms with Crippen LogP contribution in [0.5, 0.6) is 0 Å². The zero-order valence-corrected chi connectivity index (χ0v) is 14.8. The van der Waals surface area contributed by atoms with Crippen LogP contribution in [0, 0.1) is 12.7 Å². The lowest BCUT2D eigenvalue weighted by Gasteiger charge is -2.12. The monoisotopic (exact) mass is 363 g/mol. The predicted octanol–water partition coefficient (Wildman–Crippen LogP) is 6.14. The molecule has 0 saturated carbocycles. The highest BCUT2D eigenvalue weighted by Crippen LogP contribution is 2.30. The van der Waals surface area contributed by atoms with Crippen molar-refractivity contribution in [3.63, 3.8) is 0 Å². The standard InChI is InChI=1S/C21H15ClFN3/c1-13-10-11-14(12-18(13)23)24-21-16-7-3-5-9-19(16)25-20(26-21)15-6-2-4-8-17(15)22/h2-12H,1H3,(H,24,25,26). The first-order valence-electron chi connectivity index (χ1n) is 8.17. The second-order valence-electron chi connectivity index (χ2n) is 5.98. The Labute approximate surface area is 155 Å². The number of benzene rings is 3. The van der Waals surface area contributed by atoms with E-state index in [1.54, 1.807) is 19.1 Å². The summed E-state index contributed by atoms with van der Waals surface area (Å²) in [7, 11) is 0. The Hall–Kier alpha value is -2.98. The molecule has 4 rings (SSSR count). The topological polar surface area (TPSA) is 37.8 Å². The van der Waals surface area contributed by atoms with Gasteiger partial charge in [0.25, 0.3) is 0 Å². The fraction of sp³-hybridized carbons (Fsp3) is 0.0476. The second-order valence-corrected chi connectivity index (χ2v) is 6.39. The first kappa shape index (κ1) is 16.5. The van der Waals surface area contributed by atoms with Crippen molar-refractivity contribution in [3.8, 4) is 11.4 Å². The molecule has 1 aromatic heterocycles. The average molecular weight is 364 g/mol. The first-order chi connectivity index (χ1) is 12.6. The number of aromatic nitrogens is 2. The van der Waals surface area contributed by atoms with E-state index in [1.165, 1.54) is 6.07 Å². The number of rotatable bonds is 3. The lowest BCUT2D eigenvalue weighted by atomic mass is 10.1. The number of para-hydroxylation sites is 1. The molecule has 0 atom stereocenters. The Morgan fingerprint density at radius 2 is 1.69 bits per heavy atom. The Bertz CT molecular complexity index is 1110. The smallest absolute Gasteiger partial charge is 0.163 e. The Balaban J connectivity index is 1.87. The van der Waals surface area contributed by atoms with Crippen LogP contribution in [0.4, 0.5) is 15.9 Å². The summed E-state index contributed by atoms with van der Waals surface area (Å²) in [4.78, 5) is 9.28. The number of nitrogens with zero attached hydrogens (tertiary/aromatic N) is 2. The molecule has 1 N–H and O–H groups in total. The third-order valence-corrected chi connectivity index (χ3v) is 4.48. The van der Waals surface area contributed by atoms with E-state index in [4.69, 9.17) is 11.6 Å². The van der Waals surface area contributed by atoms with E-state index < -0.39 is 0 Å². The van der Waals surface area contributed by atoms with Gasteiger partial charge in [0.15, 0.2) is 5.82 Å². The van der Waals surface area contributed by atoms with E-state index in [9.17, 15) is 4.39 Å². The third kappa shape index (κ3) is 3.11. The van der Waals surface area contributed by atoms with Crippen molar-refractivity contribution < 1.29 is 4.39 Å². The highest BCUT2D eigenvalue weighted by molar-refractivity contribution is 6.33. The van der Waals surface area contributed by atoms with Crippen LogP contribution in [0.2, 0.25) is 5.02 Å². The summed E-state index contributed by atoms with van der Waals surface area (Å²) in [5.74, 6) is 0.859. The summed E-state index contributed by atoms with van der Waals surface area (Å²) in [6, 6.07) is 20.1. The number of hydrogen-bond acceptors (Lipinski definition) is 3. The van der Waals surface area contributed by atoms with Crippen LogP contribution in [0.3, 0.4) is 0 Å². The van der Waals surface area contributed by atoms with E-state index in [2.05, 4.69) is 15.3 Å². The number of hydrogen-bond donors (Lipinski definition) is 1. The molecule has 1 heterocycles. The molecular weight excluding hydrogens is 349 g/mol. The first-order valence-corrected chi connectivity index (χ1v) is 8.54. The van der Waals surface area contributed by atoms with Gasteiger partial charge < -0.3 is 5.32 Å². The molecule has 0 spiro atoms. The zero-order chi connectivity index (χ0) is 18.1. The summed E-state index contributed by atoms with van der Waals surface area (Å²) in [6.07, 6.45) is 0. The van der Waals surface area contributed by atoms with Gasteiger partial charge in [0.1, 0.15) is 11.6 Å². The summed E-state index contributed by atoms with van der Waals surface area (Å²) in [6.45, 7) is 1.73. The van der Waals surface area contributed by atoms with Gasteiger partial charge in [-0.15, -0.1) is 0 Å². The molecular formula is C21H15ClFN3. The van der Waals surface area contributed by atoms with Gasteiger partial charge >= 0.3 is 0 Å². The lowest BCUT2D eigenvalue weighted by molar-refractivity contribution is 0.619. The maximum atomic E-state index is 13.9. The van der Waals surface area contributed by atoms with Crippen LogP contribution in [-0.2, 0) is 0 Å². The molecule has 0 amide bonds. The van der Waals surface area contributed by atoms with Crippen molar-refractivity contribution >= 4 is 34.0 Å². The number of anilines is 2. The van der Waals surface area contributed by atoms with Crippen LogP contribution in [-0.4, -0.2) is 9.97 Å². The Morgan fingerprint density at radius 1 is 0.923 bits per heavy atom. The van der Waals surface area contributed by atoms with E-state index in [0.717, 1.165) is 16.5 Å². The van der Waals surface area contributed by atoms with Gasteiger partial charge in [-0.25, -0.2) is 14.4 Å². The molecule has 0 saturated heterocycles. The van der Waals surface area contributed by atoms with Gasteiger partial charge in [0.05, 0.1) is 10.5 Å². The normalized spacial score (nSPS) is 10.9. The summed E-state index contributed by atoms with van der Waals surface area (Å²) in [5, 5.41) is 4.64. The van der Waals surface area contributed by atoms with Gasteiger partial charge in [-0.2, -0.15) is 0 Å². The summed E-state index contributed by atoms with van der Waals surface area (Å²) >= 11 is 6.31. The Morgan fingerprint density at radius 3 is 2.50 bits per heavy atom. The van der Waals surface area contributed by atoms with Gasteiger partial charge in [-0.1, -0.05) is 41.9 Å². The lowest BCUT2D eigenvalue weighted by Crippen LogP contribution is -2.00. The Kier molecular flexibility index (Phi) is 4.27. The minimum absolute atomic E-state index is 0.264. The SMILES string of the molecule is Cc1ccc(Nc2nc(-c3ccccc3Cl)nc3ccccc23)cc1F. The number of nitrogens with one attached hydrogen (secondary N) is 1. The van der Waals surface area contributed by atoms with Gasteiger partial charge in [0.2, 0.25) is 0 Å². The van der Waals surface area contributed by atoms with E-state index >= 15 is 0 Å². The highest BCUT2D eigenvalue weighted by Gasteiger charge is 2.12. The zero-order valence-electron chi connectivity index (χ0n) is 14.0. The van der Waals surface area contributed by atoms with Gasteiger partial charge in [0, 0.05) is 16.6 Å². The van der Waals surface area contributed by atoms with Crippen LogP contribution < -0.4 is 5.32 Å². The molecule has 0 radical (unpaired) electrons. The van der Waals surface area contributed by atoms with E-state index in [0.29, 0.717) is 27.9 Å².